The summed E-state index contributed by atoms with van der Waals surface area (Å²) < 4.78 is 208. The largest absolute Gasteiger partial charge is 1.00 e. The van der Waals surface area contributed by atoms with Crippen molar-refractivity contribution in [2.24, 2.45) is 0 Å². The number of aromatic amines is 1. The van der Waals surface area contributed by atoms with Crippen LogP contribution in [0.2, 0.25) is 0 Å². The van der Waals surface area contributed by atoms with Gasteiger partial charge in [-0.25, -0.2) is 50.5 Å². The van der Waals surface area contributed by atoms with Crippen LogP contribution in [-0.4, -0.2) is 83.4 Å². The Morgan fingerprint density at radius 1 is 0.366 bits per heavy atom. The van der Waals surface area contributed by atoms with Crippen molar-refractivity contribution in [1.82, 2.24) is 19.9 Å². The second kappa shape index (κ2) is 50.7. The standard InChI is InChI=1S/C30H23FNO6P.2C16H11FNO6P.C16H10FNO3.C16H20O5P2.C4H8O.HI.3Na.H/c31-25-14-8-7-13-23(25)26-16-28(24-15-29-30(35-20-34-29)17-27(24)32-26)38-39(33,36-18-21-9-3-1-4-10-21)37-19-22-11-5-2-6-12-22;2*17-11-4-2-1-3-9(11)12-6-14(24-25(19,20)21)10-5-15-16(23-8-22-15)7-13(10)18-12;17-11-4-2-1-3-9(11)12-6-14(19)10-5-15-16(21-8-20-15)7-13(10)18-12;1-22(2,17)21-23(18,19-13-15-9-5-3-6-10-15)20-14-16-11-7-4-8-12-16;1-2-4-5-3-1;;;;;/h1-17H,18-20H2;2*1-7H,8H2,(H2,19,20,21);1-7H,8H2,(H,18,19);3-12H,13-14H2,1-2H3;1-4H2;1H;;;;/q;;;;;;;3*+1;-1/p-3. The molecule has 0 atom stereocenters. The fourth-order valence-corrected chi connectivity index (χ4v) is 19.1. The first-order valence-corrected chi connectivity index (χ1v) is 50.5. The van der Waals surface area contributed by atoms with E-state index in [1.54, 1.807) is 78.9 Å². The minimum Gasteiger partial charge on any atom is -1.00 e. The number of H-pyrrole nitrogens is 1. The third-order valence-electron chi connectivity index (χ3n) is 20.4. The summed E-state index contributed by atoms with van der Waals surface area (Å²) in [6.07, 6.45) is 2.56. The number of hydrogen-bond donors (Lipinski definition) is 3. The van der Waals surface area contributed by atoms with Gasteiger partial charge in [0.15, 0.2) is 51.4 Å². The monoisotopic (exact) mass is 2170 g/mol. The topological polar surface area (TPSA) is 400 Å². The van der Waals surface area contributed by atoms with Crippen molar-refractivity contribution in [1.29, 1.82) is 0 Å². The van der Waals surface area contributed by atoms with Gasteiger partial charge in [-0.2, -0.15) is 0 Å². The van der Waals surface area contributed by atoms with E-state index in [0.717, 1.165) is 35.5 Å². The van der Waals surface area contributed by atoms with Crippen LogP contribution < -0.4 is 179 Å². The molecule has 12 aromatic carbocycles. The number of ether oxygens (including phenoxy) is 9. The average Bonchev–Trinajstić information content (AvgIpc) is 1.65. The van der Waals surface area contributed by atoms with E-state index < -0.39 is 56.1 Å². The predicted molar refractivity (Wildman–Crippen MR) is 499 cm³/mol. The molecular formula is C98H82F4IN4Na3O27P5-. The molecule has 31 nitrogen and oxygen atoms in total. The van der Waals surface area contributed by atoms with Crippen LogP contribution in [0.5, 0.6) is 63.2 Å². The Kier molecular flexibility index (Phi) is 39.6. The van der Waals surface area contributed by atoms with Gasteiger partial charge < -0.3 is 101 Å². The predicted octanol–water partition coefficient (Wildman–Crippen LogP) is 9.98. The van der Waals surface area contributed by atoms with Crippen LogP contribution in [0.15, 0.2) is 296 Å². The third kappa shape index (κ3) is 30.2. The summed E-state index contributed by atoms with van der Waals surface area (Å²) in [5.74, 6) is 1.57. The van der Waals surface area contributed by atoms with Crippen LogP contribution in [-0.2, 0) is 76.4 Å². The number of benzene rings is 12. The summed E-state index contributed by atoms with van der Waals surface area (Å²) in [5.41, 5.74) is 6.59. The smallest absolute Gasteiger partial charge is 1.00 e. The summed E-state index contributed by atoms with van der Waals surface area (Å²) >= 11 is 0. The van der Waals surface area contributed by atoms with Gasteiger partial charge in [0.05, 0.1) is 71.3 Å². The van der Waals surface area contributed by atoms with Crippen molar-refractivity contribution in [3.8, 4) is 108 Å². The van der Waals surface area contributed by atoms with Gasteiger partial charge >= 0.3 is 112 Å². The van der Waals surface area contributed by atoms with E-state index in [2.05, 4.69) is 24.5 Å². The Morgan fingerprint density at radius 2 is 0.655 bits per heavy atom. The summed E-state index contributed by atoms with van der Waals surface area (Å²) in [7, 11) is -21.3. The number of aromatic nitrogens is 4. The van der Waals surface area contributed by atoms with Gasteiger partial charge in [-0.15, -0.1) is 0 Å². The molecule has 44 heteroatoms. The second-order valence-electron chi connectivity index (χ2n) is 30.7. The maximum absolute atomic E-state index is 14.8. The van der Waals surface area contributed by atoms with E-state index >= 15 is 0 Å². The van der Waals surface area contributed by atoms with Crippen molar-refractivity contribution in [3.63, 3.8) is 0 Å². The van der Waals surface area contributed by atoms with Crippen LogP contribution in [0, 0.1) is 23.3 Å². The van der Waals surface area contributed by atoms with E-state index in [-0.39, 0.29) is 241 Å². The fraction of sp³-hybridized carbons (Fsp3) is 0.143. The van der Waals surface area contributed by atoms with Gasteiger partial charge in [-0.05, 0) is 108 Å². The molecule has 142 heavy (non-hydrogen) atoms. The summed E-state index contributed by atoms with van der Waals surface area (Å²) in [5, 5.41) is 1.51. The minimum atomic E-state index is -5.33. The molecule has 0 spiro atoms. The number of hydrogen-bond acceptors (Lipinski definition) is 28. The van der Waals surface area contributed by atoms with E-state index in [9.17, 15) is 64.8 Å². The number of nitrogens with one attached hydrogen (secondary N) is 1. The zero-order chi connectivity index (χ0) is 96.6. The number of nitrogens with zero attached hydrogens (tertiary/aromatic N) is 3. The summed E-state index contributed by atoms with van der Waals surface area (Å²) in [6.45, 7) is 5.05. The molecule has 3 N–H and O–H groups in total. The molecule has 1 fully saturated rings. The molecule has 16 aromatic rings. The molecule has 0 radical (unpaired) electrons. The van der Waals surface area contributed by atoms with Crippen molar-refractivity contribution in [2.45, 2.75) is 39.3 Å². The molecule has 4 aromatic heterocycles. The van der Waals surface area contributed by atoms with E-state index in [1.807, 2.05) is 121 Å². The van der Waals surface area contributed by atoms with Crippen LogP contribution in [0.3, 0.4) is 0 Å². The number of fused-ring (bicyclic) bond motifs is 8. The molecule has 0 aliphatic carbocycles. The maximum atomic E-state index is 14.8. The first-order valence-electron chi connectivity index (χ1n) is 42.1. The van der Waals surface area contributed by atoms with Gasteiger partial charge in [0.1, 0.15) is 48.3 Å². The van der Waals surface area contributed by atoms with Crippen LogP contribution in [0.4, 0.5) is 17.6 Å². The number of rotatable bonds is 24. The van der Waals surface area contributed by atoms with Crippen LogP contribution in [0.1, 0.15) is 36.5 Å². The quantitative estimate of drug-likeness (QED) is 0.0219. The molecule has 21 rings (SSSR count). The zero-order valence-corrected chi connectivity index (χ0v) is 88.9. The molecule has 1 saturated heterocycles. The number of phosphoric ester groups is 4. The van der Waals surface area contributed by atoms with Gasteiger partial charge in [-0.3, -0.25) is 37.2 Å². The van der Waals surface area contributed by atoms with Crippen molar-refractivity contribution >= 4 is 82.3 Å². The van der Waals surface area contributed by atoms with Gasteiger partial charge in [0.25, 0.3) is 0 Å². The molecule has 0 saturated carbocycles. The number of phosphoric acid groups is 4. The second-order valence-corrected chi connectivity index (χ2v) is 39.1. The molecule has 9 heterocycles. The Morgan fingerprint density at radius 3 is 0.965 bits per heavy atom. The fourth-order valence-electron chi connectivity index (χ4n) is 14.1. The van der Waals surface area contributed by atoms with Gasteiger partial charge in [0.2, 0.25) is 34.5 Å². The molecular weight excluding hydrogens is 2090 g/mol. The average molecular weight is 2170 g/mol. The van der Waals surface area contributed by atoms with Crippen molar-refractivity contribution in [3.05, 3.63) is 347 Å². The first kappa shape index (κ1) is 111. The molecule has 5 aliphatic rings. The van der Waals surface area contributed by atoms with Crippen molar-refractivity contribution < 1.29 is 253 Å². The normalized spacial score (nSPS) is 12.8. The van der Waals surface area contributed by atoms with Gasteiger partial charge in [-0.1, -0.05) is 170 Å². The van der Waals surface area contributed by atoms with Crippen LogP contribution in [0.25, 0.3) is 88.6 Å². The summed E-state index contributed by atoms with van der Waals surface area (Å²) in [4.78, 5) is 69.2. The van der Waals surface area contributed by atoms with Gasteiger partial charge in [0, 0.05) is 119 Å². The van der Waals surface area contributed by atoms with Crippen LogP contribution >= 0.6 is 38.7 Å². The van der Waals surface area contributed by atoms with E-state index in [1.165, 1.54) is 117 Å². The molecule has 0 bridgehead atoms. The van der Waals surface area contributed by atoms with E-state index in [0.29, 0.717) is 90.0 Å². The molecule has 720 valence electrons. The SMILES string of the molecule is C1CCOC1.CP(C)(=O)OP(=O)(OCc1ccccc1)OCc1ccccc1.O=P(O)(O)Oc1cc(-c2ccccc2F)nc2cc3c(cc12)OCO3.O=P(OCc1ccccc1)(OCc1ccccc1)Oc1cc(-c2ccccc2F)nc2cc3c(cc12)OCO3.O=P([O-])([O-])Oc1cc(-c2ccccc2F)nc2cc3c(cc12)OCO3.O=c1cc(-c2ccccc2F)[nH]c2cc3c(cc12)OCO3.[H-].[I-].[Na+].[Na+].[Na+]. The number of halogens is 5. The maximum Gasteiger partial charge on any atom is 1.00 e. The van der Waals surface area contributed by atoms with Crippen molar-refractivity contribution in [2.75, 3.05) is 53.7 Å². The van der Waals surface area contributed by atoms with E-state index in [4.69, 9.17) is 74.1 Å². The summed E-state index contributed by atoms with van der Waals surface area (Å²) in [6, 6.07) is 79.5. The molecule has 5 aliphatic heterocycles. The first-order chi connectivity index (χ1) is 66.5. The molecule has 0 amide bonds. The Bertz CT molecular complexity index is 7190. The zero-order valence-electron chi connectivity index (χ0n) is 77.3. The Balaban J connectivity index is 0.000000170. The Labute approximate surface area is 894 Å². The molecule has 0 unspecified atom stereocenters. The number of pyridine rings is 4. The Hall–Kier alpha value is -9.92. The third-order valence-corrected chi connectivity index (χ3v) is 25.9. The minimum absolute atomic E-state index is 0.